The van der Waals surface area contributed by atoms with Gasteiger partial charge in [-0.15, -0.1) is 12.4 Å². The lowest BCUT2D eigenvalue weighted by Gasteiger charge is -2.11. The lowest BCUT2D eigenvalue weighted by atomic mass is 9.98. The Balaban J connectivity index is 0.000000845. The van der Waals surface area contributed by atoms with Gasteiger partial charge < -0.3 is 5.73 Å². The van der Waals surface area contributed by atoms with E-state index in [1.165, 1.54) is 5.56 Å². The molecule has 2 atom stereocenters. The van der Waals surface area contributed by atoms with Gasteiger partial charge in [0, 0.05) is 16.5 Å². The molecular weight excluding hydrogens is 205 g/mol. The first-order chi connectivity index (χ1) is 5.64. The monoisotopic (exact) mass is 217 g/mol. The van der Waals surface area contributed by atoms with Crippen molar-refractivity contribution in [2.24, 2.45) is 5.73 Å². The molecule has 3 heteroatoms. The van der Waals surface area contributed by atoms with Gasteiger partial charge in [0.1, 0.15) is 0 Å². The molecule has 0 bridgehead atoms. The second-order valence-corrected chi connectivity index (χ2v) is 4.12. The number of nitrogens with two attached hydrogens (primary N) is 1. The predicted molar refractivity (Wildman–Crippen MR) is 58.6 cm³/mol. The van der Waals surface area contributed by atoms with Gasteiger partial charge in [-0.05, 0) is 18.1 Å². The van der Waals surface area contributed by atoms with E-state index in [0.29, 0.717) is 0 Å². The molecule has 0 aliphatic heterocycles. The normalized spacial score (nSPS) is 30.8. The molecule has 1 saturated carbocycles. The Morgan fingerprint density at radius 2 is 2.00 bits per heavy atom. The summed E-state index contributed by atoms with van der Waals surface area (Å²) in [7, 11) is 0. The van der Waals surface area contributed by atoms with Crippen LogP contribution < -0.4 is 5.73 Å². The van der Waals surface area contributed by atoms with Crippen LogP contribution in [0.1, 0.15) is 18.9 Å². The average molecular weight is 218 g/mol. The van der Waals surface area contributed by atoms with Crippen LogP contribution in [-0.2, 0) is 5.41 Å². The van der Waals surface area contributed by atoms with E-state index < -0.39 is 0 Å². The first kappa shape index (κ1) is 10.8. The highest BCUT2D eigenvalue weighted by Crippen LogP contribution is 2.48. The Morgan fingerprint density at radius 3 is 2.46 bits per heavy atom. The number of hydrogen-bond acceptors (Lipinski definition) is 1. The molecule has 2 unspecified atom stereocenters. The predicted octanol–water partition coefficient (Wildman–Crippen LogP) is 2.75. The van der Waals surface area contributed by atoms with Crippen molar-refractivity contribution in [3.05, 3.63) is 34.9 Å². The SMILES string of the molecule is CC1(c2ccccc2Cl)CC1N.Cl. The van der Waals surface area contributed by atoms with E-state index in [1.807, 2.05) is 18.2 Å². The zero-order valence-electron chi connectivity index (χ0n) is 7.46. The first-order valence-electron chi connectivity index (χ1n) is 4.15. The third kappa shape index (κ3) is 1.69. The van der Waals surface area contributed by atoms with Gasteiger partial charge in [0.15, 0.2) is 0 Å². The van der Waals surface area contributed by atoms with Gasteiger partial charge in [-0.1, -0.05) is 36.7 Å². The van der Waals surface area contributed by atoms with Crippen molar-refractivity contribution in [2.75, 3.05) is 0 Å². The fourth-order valence-corrected chi connectivity index (χ4v) is 1.98. The van der Waals surface area contributed by atoms with Gasteiger partial charge in [0.2, 0.25) is 0 Å². The molecule has 1 aromatic carbocycles. The summed E-state index contributed by atoms with van der Waals surface area (Å²) in [6.45, 7) is 2.17. The summed E-state index contributed by atoms with van der Waals surface area (Å²) in [6.07, 6.45) is 1.05. The molecule has 0 heterocycles. The van der Waals surface area contributed by atoms with E-state index >= 15 is 0 Å². The molecule has 0 saturated heterocycles. The molecule has 2 rings (SSSR count). The Hall–Kier alpha value is -0.240. The highest BCUT2D eigenvalue weighted by atomic mass is 35.5. The summed E-state index contributed by atoms with van der Waals surface area (Å²) in [4.78, 5) is 0. The minimum atomic E-state index is 0. The highest BCUT2D eigenvalue weighted by Gasteiger charge is 2.49. The summed E-state index contributed by atoms with van der Waals surface area (Å²) in [5.74, 6) is 0. The lowest BCUT2D eigenvalue weighted by molar-refractivity contribution is 0.741. The number of hydrogen-bond donors (Lipinski definition) is 1. The third-order valence-corrected chi connectivity index (χ3v) is 3.12. The van der Waals surface area contributed by atoms with Gasteiger partial charge in [-0.2, -0.15) is 0 Å². The third-order valence-electron chi connectivity index (χ3n) is 2.79. The van der Waals surface area contributed by atoms with Crippen molar-refractivity contribution in [3.63, 3.8) is 0 Å². The molecule has 1 aromatic rings. The average Bonchev–Trinajstić information content (AvgIpc) is 2.61. The largest absolute Gasteiger partial charge is 0.327 e. The van der Waals surface area contributed by atoms with E-state index in [1.54, 1.807) is 0 Å². The lowest BCUT2D eigenvalue weighted by Crippen LogP contribution is -2.14. The molecule has 2 N–H and O–H groups in total. The minimum absolute atomic E-state index is 0. The van der Waals surface area contributed by atoms with E-state index in [-0.39, 0.29) is 23.9 Å². The van der Waals surface area contributed by atoms with Gasteiger partial charge in [-0.25, -0.2) is 0 Å². The zero-order chi connectivity index (χ0) is 8.77. The quantitative estimate of drug-likeness (QED) is 0.770. The summed E-state index contributed by atoms with van der Waals surface area (Å²) >= 11 is 6.06. The van der Waals surface area contributed by atoms with Gasteiger partial charge in [-0.3, -0.25) is 0 Å². The number of rotatable bonds is 1. The van der Waals surface area contributed by atoms with E-state index in [0.717, 1.165) is 11.4 Å². The molecule has 0 radical (unpaired) electrons. The molecule has 0 aromatic heterocycles. The van der Waals surface area contributed by atoms with Crippen LogP contribution >= 0.6 is 24.0 Å². The maximum Gasteiger partial charge on any atom is 0.0444 e. The summed E-state index contributed by atoms with van der Waals surface area (Å²) < 4.78 is 0. The maximum atomic E-state index is 6.06. The smallest absolute Gasteiger partial charge is 0.0444 e. The van der Waals surface area contributed by atoms with Crippen molar-refractivity contribution in [2.45, 2.75) is 24.8 Å². The van der Waals surface area contributed by atoms with Crippen molar-refractivity contribution >= 4 is 24.0 Å². The highest BCUT2D eigenvalue weighted by molar-refractivity contribution is 6.31. The summed E-state index contributed by atoms with van der Waals surface area (Å²) in [5, 5.41) is 0.841. The zero-order valence-corrected chi connectivity index (χ0v) is 9.03. The van der Waals surface area contributed by atoms with Crippen LogP contribution in [0.5, 0.6) is 0 Å². The molecule has 1 aliphatic rings. The number of benzene rings is 1. The Morgan fingerprint density at radius 1 is 1.46 bits per heavy atom. The van der Waals surface area contributed by atoms with Crippen molar-refractivity contribution in [1.82, 2.24) is 0 Å². The molecule has 72 valence electrons. The fourth-order valence-electron chi connectivity index (χ4n) is 1.63. The number of halogens is 2. The van der Waals surface area contributed by atoms with Crippen LogP contribution in [0, 0.1) is 0 Å². The van der Waals surface area contributed by atoms with Gasteiger partial charge >= 0.3 is 0 Å². The van der Waals surface area contributed by atoms with Crippen molar-refractivity contribution in [3.8, 4) is 0 Å². The second-order valence-electron chi connectivity index (χ2n) is 3.71. The van der Waals surface area contributed by atoms with Gasteiger partial charge in [0.25, 0.3) is 0 Å². The maximum absolute atomic E-state index is 6.06. The molecule has 0 spiro atoms. The Kier molecular flexibility index (Phi) is 2.91. The second kappa shape index (κ2) is 3.49. The first-order valence-corrected chi connectivity index (χ1v) is 4.53. The molecular formula is C10H13Cl2N. The van der Waals surface area contributed by atoms with Crippen LogP contribution in [0.15, 0.2) is 24.3 Å². The van der Waals surface area contributed by atoms with E-state index in [2.05, 4.69) is 13.0 Å². The molecule has 1 aliphatic carbocycles. The minimum Gasteiger partial charge on any atom is -0.327 e. The molecule has 1 fully saturated rings. The van der Waals surface area contributed by atoms with E-state index in [4.69, 9.17) is 17.3 Å². The Bertz CT molecular complexity index is 314. The fraction of sp³-hybridized carbons (Fsp3) is 0.400. The van der Waals surface area contributed by atoms with Crippen molar-refractivity contribution < 1.29 is 0 Å². The molecule has 13 heavy (non-hydrogen) atoms. The topological polar surface area (TPSA) is 26.0 Å². The van der Waals surface area contributed by atoms with Crippen LogP contribution in [0.4, 0.5) is 0 Å². The molecule has 0 amide bonds. The van der Waals surface area contributed by atoms with Crippen LogP contribution in [-0.4, -0.2) is 6.04 Å². The summed E-state index contributed by atoms with van der Waals surface area (Å²) in [5.41, 5.74) is 7.17. The van der Waals surface area contributed by atoms with Crippen LogP contribution in [0.2, 0.25) is 5.02 Å². The molecule has 1 nitrogen and oxygen atoms in total. The Labute approximate surface area is 89.7 Å². The summed E-state index contributed by atoms with van der Waals surface area (Å²) in [6, 6.07) is 8.24. The standard InChI is InChI=1S/C10H12ClN.ClH/c1-10(6-9(10)12)7-4-2-3-5-8(7)11;/h2-5,9H,6,12H2,1H3;1H. The van der Waals surface area contributed by atoms with Crippen LogP contribution in [0.3, 0.4) is 0 Å². The van der Waals surface area contributed by atoms with Crippen LogP contribution in [0.25, 0.3) is 0 Å². The van der Waals surface area contributed by atoms with Gasteiger partial charge in [0.05, 0.1) is 0 Å². The van der Waals surface area contributed by atoms with Crippen molar-refractivity contribution in [1.29, 1.82) is 0 Å². The van der Waals surface area contributed by atoms with E-state index in [9.17, 15) is 0 Å².